The zero-order valence-corrected chi connectivity index (χ0v) is 16.1. The highest BCUT2D eigenvalue weighted by molar-refractivity contribution is 6.42. The maximum absolute atomic E-state index is 12.8. The molecule has 1 unspecified atom stereocenters. The van der Waals surface area contributed by atoms with Gasteiger partial charge in [0.2, 0.25) is 5.91 Å². The number of nitrogens with zero attached hydrogens (tertiary/aromatic N) is 1. The second-order valence-corrected chi connectivity index (χ2v) is 7.13. The fourth-order valence-electron chi connectivity index (χ4n) is 3.34. The van der Waals surface area contributed by atoms with E-state index < -0.39 is 6.04 Å². The maximum Gasteiger partial charge on any atom is 0.254 e. The topological polar surface area (TPSA) is 61.4 Å². The van der Waals surface area contributed by atoms with Gasteiger partial charge in [-0.25, -0.2) is 0 Å². The lowest BCUT2D eigenvalue weighted by molar-refractivity contribution is -0.125. The highest BCUT2D eigenvalue weighted by atomic mass is 35.5. The molecule has 2 aliphatic rings. The van der Waals surface area contributed by atoms with Gasteiger partial charge in [-0.05, 0) is 57.0 Å². The number of halogens is 3. The largest absolute Gasteiger partial charge is 0.351 e. The summed E-state index contributed by atoms with van der Waals surface area (Å²) in [6, 6.07) is 4.61. The molecule has 5 nitrogen and oxygen atoms in total. The first kappa shape index (κ1) is 20.3. The number of amides is 2. The second kappa shape index (κ2) is 9.08. The smallest absolute Gasteiger partial charge is 0.254 e. The number of hydrogen-bond donors (Lipinski definition) is 2. The summed E-state index contributed by atoms with van der Waals surface area (Å²) in [7, 11) is 0. The van der Waals surface area contributed by atoms with Crippen LogP contribution in [0.25, 0.3) is 0 Å². The molecular formula is C17H22Cl3N3O2. The molecule has 0 bridgehead atoms. The molecule has 2 amide bonds. The Labute approximate surface area is 163 Å². The van der Waals surface area contributed by atoms with Crippen LogP contribution in [0.5, 0.6) is 0 Å². The molecule has 138 valence electrons. The van der Waals surface area contributed by atoms with Gasteiger partial charge < -0.3 is 15.5 Å². The first-order valence-corrected chi connectivity index (χ1v) is 9.09. The van der Waals surface area contributed by atoms with Crippen molar-refractivity contribution in [1.29, 1.82) is 0 Å². The predicted octanol–water partition coefficient (Wildman–Crippen LogP) is 2.89. The van der Waals surface area contributed by atoms with Crippen LogP contribution in [0.1, 0.15) is 36.0 Å². The summed E-state index contributed by atoms with van der Waals surface area (Å²) in [4.78, 5) is 27.0. The van der Waals surface area contributed by atoms with Gasteiger partial charge in [0.25, 0.3) is 5.91 Å². The minimum absolute atomic E-state index is 0. The second-order valence-electron chi connectivity index (χ2n) is 6.32. The number of piperidine rings is 1. The minimum Gasteiger partial charge on any atom is -0.351 e. The van der Waals surface area contributed by atoms with Crippen LogP contribution in [0, 0.1) is 0 Å². The average molecular weight is 407 g/mol. The monoisotopic (exact) mass is 405 g/mol. The van der Waals surface area contributed by atoms with E-state index in [1.165, 1.54) is 0 Å². The van der Waals surface area contributed by atoms with E-state index in [9.17, 15) is 9.59 Å². The fourth-order valence-corrected chi connectivity index (χ4v) is 3.64. The minimum atomic E-state index is -0.401. The first-order chi connectivity index (χ1) is 11.6. The number of nitrogens with one attached hydrogen (secondary N) is 2. The fraction of sp³-hybridized carbons (Fsp3) is 0.529. The third-order valence-corrected chi connectivity index (χ3v) is 5.41. The average Bonchev–Trinajstić information content (AvgIpc) is 3.07. The molecule has 1 aromatic carbocycles. The quantitative estimate of drug-likeness (QED) is 0.811. The van der Waals surface area contributed by atoms with Gasteiger partial charge >= 0.3 is 0 Å². The van der Waals surface area contributed by atoms with Gasteiger partial charge in [0.15, 0.2) is 0 Å². The van der Waals surface area contributed by atoms with E-state index in [0.29, 0.717) is 28.6 Å². The molecule has 2 fully saturated rings. The van der Waals surface area contributed by atoms with Crippen LogP contribution < -0.4 is 10.6 Å². The Bertz CT molecular complexity index is 636. The molecule has 0 saturated carbocycles. The van der Waals surface area contributed by atoms with Crippen molar-refractivity contribution in [3.8, 4) is 0 Å². The van der Waals surface area contributed by atoms with Crippen molar-refractivity contribution in [2.24, 2.45) is 0 Å². The summed E-state index contributed by atoms with van der Waals surface area (Å²) in [5.41, 5.74) is 0.464. The Balaban J connectivity index is 0.00000225. The maximum atomic E-state index is 12.8. The summed E-state index contributed by atoms with van der Waals surface area (Å²) >= 11 is 11.9. The molecule has 2 N–H and O–H groups in total. The van der Waals surface area contributed by atoms with E-state index in [-0.39, 0.29) is 30.3 Å². The van der Waals surface area contributed by atoms with Crippen molar-refractivity contribution >= 4 is 47.4 Å². The van der Waals surface area contributed by atoms with Gasteiger partial charge in [0.1, 0.15) is 6.04 Å². The van der Waals surface area contributed by atoms with Crippen LogP contribution in [0.3, 0.4) is 0 Å². The Morgan fingerprint density at radius 3 is 2.52 bits per heavy atom. The van der Waals surface area contributed by atoms with Crippen molar-refractivity contribution in [1.82, 2.24) is 15.5 Å². The van der Waals surface area contributed by atoms with Crippen molar-refractivity contribution in [3.63, 3.8) is 0 Å². The summed E-state index contributed by atoms with van der Waals surface area (Å²) < 4.78 is 0. The Hall–Kier alpha value is -1.01. The molecule has 1 atom stereocenters. The third kappa shape index (κ3) is 4.79. The third-order valence-electron chi connectivity index (χ3n) is 4.67. The van der Waals surface area contributed by atoms with Gasteiger partial charge in [-0.2, -0.15) is 0 Å². The molecule has 8 heteroatoms. The Morgan fingerprint density at radius 1 is 1.12 bits per heavy atom. The van der Waals surface area contributed by atoms with Crippen LogP contribution in [0.2, 0.25) is 10.0 Å². The van der Waals surface area contributed by atoms with Gasteiger partial charge in [-0.15, -0.1) is 12.4 Å². The van der Waals surface area contributed by atoms with E-state index >= 15 is 0 Å². The number of carbonyl (C=O) groups is 2. The van der Waals surface area contributed by atoms with E-state index in [1.54, 1.807) is 23.1 Å². The number of benzene rings is 1. The molecular weight excluding hydrogens is 385 g/mol. The lowest BCUT2D eigenvalue weighted by atomic mass is 10.1. The molecule has 2 saturated heterocycles. The van der Waals surface area contributed by atoms with Crippen molar-refractivity contribution in [2.75, 3.05) is 19.6 Å². The summed E-state index contributed by atoms with van der Waals surface area (Å²) in [5.74, 6) is -0.218. The van der Waals surface area contributed by atoms with E-state index in [1.807, 2.05) is 0 Å². The van der Waals surface area contributed by atoms with E-state index in [2.05, 4.69) is 10.6 Å². The molecule has 0 radical (unpaired) electrons. The molecule has 2 heterocycles. The molecule has 0 aromatic heterocycles. The van der Waals surface area contributed by atoms with Gasteiger partial charge in [0, 0.05) is 18.2 Å². The zero-order valence-electron chi connectivity index (χ0n) is 13.8. The van der Waals surface area contributed by atoms with Crippen molar-refractivity contribution in [2.45, 2.75) is 37.8 Å². The number of rotatable bonds is 3. The summed E-state index contributed by atoms with van der Waals surface area (Å²) in [5, 5.41) is 7.13. The van der Waals surface area contributed by atoms with Gasteiger partial charge in [0.05, 0.1) is 10.0 Å². The molecule has 1 aromatic rings. The van der Waals surface area contributed by atoms with Crippen molar-refractivity contribution in [3.05, 3.63) is 33.8 Å². The summed E-state index contributed by atoms with van der Waals surface area (Å²) in [6.07, 6.45) is 3.39. The molecule has 0 spiro atoms. The van der Waals surface area contributed by atoms with Crippen LogP contribution in [-0.2, 0) is 4.79 Å². The highest BCUT2D eigenvalue weighted by Gasteiger charge is 2.35. The lowest BCUT2D eigenvalue weighted by Gasteiger charge is -2.28. The summed E-state index contributed by atoms with van der Waals surface area (Å²) in [6.45, 7) is 2.42. The predicted molar refractivity (Wildman–Crippen MR) is 102 cm³/mol. The first-order valence-electron chi connectivity index (χ1n) is 8.33. The number of carbonyl (C=O) groups excluding carboxylic acids is 2. The van der Waals surface area contributed by atoms with Crippen LogP contribution in [-0.4, -0.2) is 48.4 Å². The van der Waals surface area contributed by atoms with Crippen LogP contribution in [0.4, 0.5) is 0 Å². The zero-order chi connectivity index (χ0) is 17.1. The van der Waals surface area contributed by atoms with Crippen LogP contribution >= 0.6 is 35.6 Å². The lowest BCUT2D eigenvalue weighted by Crippen LogP contribution is -2.51. The normalized spacial score (nSPS) is 20.9. The molecule has 25 heavy (non-hydrogen) atoms. The Morgan fingerprint density at radius 2 is 1.84 bits per heavy atom. The number of hydrogen-bond acceptors (Lipinski definition) is 3. The molecule has 3 rings (SSSR count). The van der Waals surface area contributed by atoms with E-state index in [0.717, 1.165) is 32.4 Å². The molecule has 2 aliphatic heterocycles. The Kier molecular flexibility index (Phi) is 7.37. The van der Waals surface area contributed by atoms with Crippen molar-refractivity contribution < 1.29 is 9.59 Å². The van der Waals surface area contributed by atoms with Gasteiger partial charge in [-0.3, -0.25) is 9.59 Å². The van der Waals surface area contributed by atoms with Crippen LogP contribution in [0.15, 0.2) is 18.2 Å². The highest BCUT2D eigenvalue weighted by Crippen LogP contribution is 2.26. The van der Waals surface area contributed by atoms with E-state index in [4.69, 9.17) is 23.2 Å². The molecule has 0 aliphatic carbocycles. The number of likely N-dealkylation sites (tertiary alicyclic amines) is 1. The standard InChI is InChI=1S/C17H21Cl2N3O2.ClH/c18-13-4-3-11(10-14(13)19)17(24)22-9-1-2-15(22)16(23)21-12-5-7-20-8-6-12;/h3-4,10,12,15,20H,1-2,5-9H2,(H,21,23);1H. The van der Waals surface area contributed by atoms with Gasteiger partial charge in [-0.1, -0.05) is 23.2 Å². The SMILES string of the molecule is Cl.O=C(NC1CCNCC1)C1CCCN1C(=O)c1ccc(Cl)c(Cl)c1.